The summed E-state index contributed by atoms with van der Waals surface area (Å²) in [6, 6.07) is -0.740. The Bertz CT molecular complexity index is 663. The van der Waals surface area contributed by atoms with Gasteiger partial charge in [-0.1, -0.05) is 12.7 Å². The Balaban J connectivity index is 2.55. The van der Waals surface area contributed by atoms with E-state index in [2.05, 4.69) is 11.9 Å². The average Bonchev–Trinajstić information content (AvgIpc) is 2.75. The molecule has 106 valence electrons. The third kappa shape index (κ3) is 2.24. The molecule has 1 saturated heterocycles. The number of piperidine rings is 1. The minimum absolute atomic E-state index is 0.197. The number of hydrogen-bond donors (Lipinski definition) is 1. The van der Waals surface area contributed by atoms with Crippen LogP contribution in [-0.4, -0.2) is 16.4 Å². The van der Waals surface area contributed by atoms with Crippen molar-refractivity contribution in [2.45, 2.75) is 32.7 Å². The van der Waals surface area contributed by atoms with E-state index < -0.39 is 17.7 Å². The normalized spacial score (nSPS) is 19.9. The Morgan fingerprint density at radius 1 is 1.45 bits per heavy atom. The van der Waals surface area contributed by atoms with Gasteiger partial charge in [0.25, 0.3) is 0 Å². The van der Waals surface area contributed by atoms with Gasteiger partial charge in [0.1, 0.15) is 6.04 Å². The summed E-state index contributed by atoms with van der Waals surface area (Å²) >= 11 is 0. The Morgan fingerprint density at radius 2 is 2.15 bits per heavy atom. The van der Waals surface area contributed by atoms with Crippen LogP contribution in [0.3, 0.4) is 0 Å². The molecular weight excluding hydrogens is 260 g/mol. The van der Waals surface area contributed by atoms with Gasteiger partial charge in [0, 0.05) is 6.42 Å². The number of hydrogen-bond acceptors (Lipinski definition) is 4. The number of carbonyl (C=O) groups excluding carboxylic acids is 2. The summed E-state index contributed by atoms with van der Waals surface area (Å²) in [5, 5.41) is 2.23. The molecule has 1 N–H and O–H groups in total. The number of oxazole rings is 1. The van der Waals surface area contributed by atoms with Gasteiger partial charge in [-0.25, -0.2) is 4.79 Å². The molecule has 0 spiro atoms. The van der Waals surface area contributed by atoms with Crippen molar-refractivity contribution in [2.24, 2.45) is 0 Å². The first-order valence-electron chi connectivity index (χ1n) is 6.34. The fourth-order valence-electron chi connectivity index (χ4n) is 2.22. The molecule has 0 radical (unpaired) electrons. The monoisotopic (exact) mass is 276 g/mol. The summed E-state index contributed by atoms with van der Waals surface area (Å²) in [5.41, 5.74) is 1.24. The number of aromatic nitrogens is 1. The van der Waals surface area contributed by atoms with Crippen LogP contribution in [0.15, 0.2) is 21.9 Å². The Kier molecular flexibility index (Phi) is 3.74. The van der Waals surface area contributed by atoms with Crippen LogP contribution in [-0.2, 0) is 9.59 Å². The molecule has 0 aromatic carbocycles. The van der Waals surface area contributed by atoms with Crippen LogP contribution in [0.4, 0.5) is 0 Å². The molecule has 1 aromatic heterocycles. The van der Waals surface area contributed by atoms with Gasteiger partial charge in [0.15, 0.2) is 5.76 Å². The molecule has 1 fully saturated rings. The van der Waals surface area contributed by atoms with Crippen molar-refractivity contribution in [2.75, 3.05) is 0 Å². The van der Waals surface area contributed by atoms with E-state index in [1.165, 1.54) is 10.6 Å². The predicted octanol–water partition coefficient (Wildman–Crippen LogP) is 1.49. The molecule has 1 aliphatic heterocycles. The van der Waals surface area contributed by atoms with E-state index in [4.69, 9.17) is 4.42 Å². The number of amides is 2. The summed E-state index contributed by atoms with van der Waals surface area (Å²) in [5.74, 6) is -1.03. The molecule has 1 atom stereocenters. The molecule has 2 heterocycles. The summed E-state index contributed by atoms with van der Waals surface area (Å²) in [6.07, 6.45) is 3.76. The van der Waals surface area contributed by atoms with Crippen LogP contribution >= 0.6 is 0 Å². The lowest BCUT2D eigenvalue weighted by Gasteiger charge is -2.21. The average molecular weight is 276 g/mol. The van der Waals surface area contributed by atoms with Gasteiger partial charge in [-0.2, -0.15) is 0 Å². The molecule has 0 bridgehead atoms. The molecule has 2 amide bonds. The zero-order chi connectivity index (χ0) is 14.9. The van der Waals surface area contributed by atoms with E-state index in [-0.39, 0.29) is 18.7 Å². The van der Waals surface area contributed by atoms with Crippen molar-refractivity contribution in [1.82, 2.24) is 9.88 Å². The van der Waals surface area contributed by atoms with E-state index in [1.807, 2.05) is 6.92 Å². The molecule has 0 saturated carbocycles. The first kappa shape index (κ1) is 14.0. The molecule has 0 aliphatic carbocycles. The minimum atomic E-state index is -0.740. The number of nitrogens with one attached hydrogen (secondary N) is 1. The van der Waals surface area contributed by atoms with E-state index >= 15 is 0 Å². The third-order valence-corrected chi connectivity index (χ3v) is 3.38. The molecule has 1 unspecified atom stereocenters. The maximum absolute atomic E-state index is 12.0. The zero-order valence-electron chi connectivity index (χ0n) is 11.4. The lowest BCUT2D eigenvalue weighted by atomic mass is 10.1. The van der Waals surface area contributed by atoms with Gasteiger partial charge < -0.3 is 4.42 Å². The van der Waals surface area contributed by atoms with Gasteiger partial charge in [0.2, 0.25) is 11.8 Å². The first-order valence-corrected chi connectivity index (χ1v) is 6.34. The Morgan fingerprint density at radius 3 is 2.70 bits per heavy atom. The van der Waals surface area contributed by atoms with Crippen molar-refractivity contribution >= 4 is 23.5 Å². The van der Waals surface area contributed by atoms with Crippen molar-refractivity contribution in [3.8, 4) is 0 Å². The van der Waals surface area contributed by atoms with Crippen LogP contribution < -0.4 is 11.1 Å². The first-order chi connectivity index (χ1) is 9.49. The van der Waals surface area contributed by atoms with Crippen molar-refractivity contribution in [3.63, 3.8) is 0 Å². The number of nitrogens with zero attached hydrogens (tertiary/aromatic N) is 1. The van der Waals surface area contributed by atoms with Gasteiger partial charge in [-0.15, -0.1) is 0 Å². The van der Waals surface area contributed by atoms with Crippen molar-refractivity contribution in [1.29, 1.82) is 0 Å². The highest BCUT2D eigenvalue weighted by molar-refractivity contribution is 5.99. The SMILES string of the molecule is C=Cc1c(/C(C)=C\C)oc(=O)n1C1CCC(=O)NC1=O. The number of carbonyl (C=O) groups is 2. The number of imide groups is 1. The number of rotatable bonds is 3. The molecule has 2 rings (SSSR count). The van der Waals surface area contributed by atoms with E-state index in [0.29, 0.717) is 11.5 Å². The minimum Gasteiger partial charge on any atom is -0.407 e. The van der Waals surface area contributed by atoms with E-state index in [1.54, 1.807) is 13.0 Å². The van der Waals surface area contributed by atoms with Crippen LogP contribution in [0.5, 0.6) is 0 Å². The zero-order valence-corrected chi connectivity index (χ0v) is 11.4. The summed E-state index contributed by atoms with van der Waals surface area (Å²) < 4.78 is 6.48. The second-order valence-electron chi connectivity index (χ2n) is 4.60. The molecule has 1 aromatic rings. The summed E-state index contributed by atoms with van der Waals surface area (Å²) in [7, 11) is 0. The largest absolute Gasteiger partial charge is 0.420 e. The van der Waals surface area contributed by atoms with Gasteiger partial charge in [-0.3, -0.25) is 19.5 Å². The summed E-state index contributed by atoms with van der Waals surface area (Å²) in [6.45, 7) is 7.30. The second-order valence-corrected chi connectivity index (χ2v) is 4.60. The quantitative estimate of drug-likeness (QED) is 0.848. The highest BCUT2D eigenvalue weighted by atomic mass is 16.4. The van der Waals surface area contributed by atoms with Crippen LogP contribution in [0.25, 0.3) is 11.6 Å². The van der Waals surface area contributed by atoms with Crippen LogP contribution in [0.1, 0.15) is 44.2 Å². The summed E-state index contributed by atoms with van der Waals surface area (Å²) in [4.78, 5) is 35.1. The Hall–Kier alpha value is -2.37. The lowest BCUT2D eigenvalue weighted by Crippen LogP contribution is -2.44. The van der Waals surface area contributed by atoms with Gasteiger partial charge >= 0.3 is 5.76 Å². The van der Waals surface area contributed by atoms with Crippen molar-refractivity contribution in [3.05, 3.63) is 34.7 Å². The fourth-order valence-corrected chi connectivity index (χ4v) is 2.22. The molecular formula is C14H16N2O4. The van der Waals surface area contributed by atoms with Crippen molar-refractivity contribution < 1.29 is 14.0 Å². The topological polar surface area (TPSA) is 81.3 Å². The maximum atomic E-state index is 12.0. The van der Waals surface area contributed by atoms with E-state index in [0.717, 1.165) is 5.57 Å². The predicted molar refractivity (Wildman–Crippen MR) is 73.8 cm³/mol. The lowest BCUT2D eigenvalue weighted by molar-refractivity contribution is -0.135. The van der Waals surface area contributed by atoms with Crippen LogP contribution in [0.2, 0.25) is 0 Å². The van der Waals surface area contributed by atoms with Gasteiger partial charge in [0.05, 0.1) is 5.69 Å². The Labute approximate surface area is 115 Å². The van der Waals surface area contributed by atoms with E-state index in [9.17, 15) is 14.4 Å². The van der Waals surface area contributed by atoms with Crippen LogP contribution in [0, 0.1) is 0 Å². The highest BCUT2D eigenvalue weighted by Crippen LogP contribution is 2.25. The fraction of sp³-hybridized carbons (Fsp3) is 0.357. The third-order valence-electron chi connectivity index (χ3n) is 3.38. The highest BCUT2D eigenvalue weighted by Gasteiger charge is 2.32. The number of allylic oxidation sites excluding steroid dienone is 2. The molecule has 6 heteroatoms. The van der Waals surface area contributed by atoms with Gasteiger partial charge in [-0.05, 0) is 31.9 Å². The smallest absolute Gasteiger partial charge is 0.407 e. The molecule has 6 nitrogen and oxygen atoms in total. The molecule has 20 heavy (non-hydrogen) atoms. The maximum Gasteiger partial charge on any atom is 0.420 e. The molecule has 1 aliphatic rings. The standard InChI is InChI=1S/C14H16N2O4/c1-4-8(3)12-9(5-2)16(14(19)20-12)10-6-7-11(17)15-13(10)18/h4-5,10H,2,6-7H2,1,3H3,(H,15,17,18)/b8-4-. The second kappa shape index (κ2) is 5.32.